The van der Waals surface area contributed by atoms with Gasteiger partial charge in [0, 0.05) is 19.6 Å². The lowest BCUT2D eigenvalue weighted by atomic mass is 9.92. The molecular weight excluding hydrogens is 312 g/mol. The van der Waals surface area contributed by atoms with E-state index in [4.69, 9.17) is 0 Å². The molecule has 0 bridgehead atoms. The lowest BCUT2D eigenvalue weighted by molar-refractivity contribution is 0.0746. The summed E-state index contributed by atoms with van der Waals surface area (Å²) in [6, 6.07) is 1.99. The first-order chi connectivity index (χ1) is 10.6. The highest BCUT2D eigenvalue weighted by Gasteiger charge is 2.32. The molecule has 0 unspecified atom stereocenters. The zero-order chi connectivity index (χ0) is 15.7. The molecule has 6 heteroatoms. The van der Waals surface area contributed by atoms with Gasteiger partial charge < -0.3 is 10.2 Å². The van der Waals surface area contributed by atoms with Gasteiger partial charge in [-0.2, -0.15) is 5.10 Å². The van der Waals surface area contributed by atoms with Crippen LogP contribution in [0.2, 0.25) is 0 Å². The first-order valence-corrected chi connectivity index (χ1v) is 8.67. The van der Waals surface area contributed by atoms with Gasteiger partial charge in [0.2, 0.25) is 0 Å². The van der Waals surface area contributed by atoms with Crippen molar-refractivity contribution in [1.82, 2.24) is 20.0 Å². The van der Waals surface area contributed by atoms with Crippen molar-refractivity contribution in [3.63, 3.8) is 0 Å². The molecule has 1 amide bonds. The van der Waals surface area contributed by atoms with Crippen LogP contribution in [0.5, 0.6) is 0 Å². The van der Waals surface area contributed by atoms with Crippen LogP contribution in [0.1, 0.15) is 55.7 Å². The summed E-state index contributed by atoms with van der Waals surface area (Å²) < 4.78 is 1.87. The SMILES string of the molecule is CCn1nc(C(C)C)cc1C(=O)N1CC[C@@H]2CNC[C@@H]2CC1.Cl. The first kappa shape index (κ1) is 18.3. The number of aryl methyl sites for hydroxylation is 1. The quantitative estimate of drug-likeness (QED) is 0.919. The van der Waals surface area contributed by atoms with Gasteiger partial charge in [0.25, 0.3) is 5.91 Å². The maximum atomic E-state index is 12.9. The Kier molecular flexibility index (Phi) is 6.09. The molecule has 1 N–H and O–H groups in total. The molecule has 3 heterocycles. The monoisotopic (exact) mass is 340 g/mol. The predicted molar refractivity (Wildman–Crippen MR) is 94.2 cm³/mol. The van der Waals surface area contributed by atoms with Crippen LogP contribution in [-0.2, 0) is 6.54 Å². The summed E-state index contributed by atoms with van der Waals surface area (Å²) in [5, 5.41) is 8.07. The number of amides is 1. The largest absolute Gasteiger partial charge is 0.337 e. The number of hydrogen-bond donors (Lipinski definition) is 1. The molecule has 1 aromatic heterocycles. The second kappa shape index (κ2) is 7.67. The minimum Gasteiger partial charge on any atom is -0.337 e. The number of carbonyl (C=O) groups is 1. The van der Waals surface area contributed by atoms with Crippen molar-refractivity contribution in [2.24, 2.45) is 11.8 Å². The smallest absolute Gasteiger partial charge is 0.272 e. The lowest BCUT2D eigenvalue weighted by Gasteiger charge is -2.21. The Balaban J connectivity index is 0.00000192. The van der Waals surface area contributed by atoms with Crippen molar-refractivity contribution in [3.8, 4) is 0 Å². The van der Waals surface area contributed by atoms with E-state index in [2.05, 4.69) is 24.3 Å². The van der Waals surface area contributed by atoms with Crippen LogP contribution in [0, 0.1) is 11.8 Å². The van der Waals surface area contributed by atoms with Gasteiger partial charge in [0.05, 0.1) is 5.69 Å². The molecule has 2 aliphatic heterocycles. The highest BCUT2D eigenvalue weighted by molar-refractivity contribution is 5.92. The molecule has 2 aliphatic rings. The fourth-order valence-corrected chi connectivity index (χ4v) is 3.72. The minimum atomic E-state index is 0. The zero-order valence-electron chi connectivity index (χ0n) is 14.4. The van der Waals surface area contributed by atoms with Gasteiger partial charge in [-0.3, -0.25) is 9.48 Å². The zero-order valence-corrected chi connectivity index (χ0v) is 15.2. The van der Waals surface area contributed by atoms with E-state index in [0.717, 1.165) is 68.8 Å². The molecule has 0 spiro atoms. The standard InChI is InChI=1S/C17H28N4O.ClH/c1-4-21-16(9-15(19-21)12(2)3)17(22)20-7-5-13-10-18-11-14(13)6-8-20;/h9,12-14,18H,4-8,10-11H2,1-3H3;1H/t13-,14+;. The number of nitrogens with zero attached hydrogens (tertiary/aromatic N) is 3. The molecule has 0 aliphatic carbocycles. The maximum absolute atomic E-state index is 12.9. The highest BCUT2D eigenvalue weighted by Crippen LogP contribution is 2.28. The third-order valence-electron chi connectivity index (χ3n) is 5.22. The van der Waals surface area contributed by atoms with Crippen LogP contribution >= 0.6 is 12.4 Å². The van der Waals surface area contributed by atoms with Crippen LogP contribution in [0.25, 0.3) is 0 Å². The van der Waals surface area contributed by atoms with Crippen LogP contribution in [0.4, 0.5) is 0 Å². The molecule has 2 saturated heterocycles. The Bertz CT molecular complexity index is 529. The molecule has 23 heavy (non-hydrogen) atoms. The van der Waals surface area contributed by atoms with Crippen LogP contribution < -0.4 is 5.32 Å². The van der Waals surface area contributed by atoms with E-state index >= 15 is 0 Å². The molecule has 3 rings (SSSR count). The van der Waals surface area contributed by atoms with Crippen molar-refractivity contribution in [3.05, 3.63) is 17.5 Å². The second-order valence-corrected chi connectivity index (χ2v) is 6.97. The van der Waals surface area contributed by atoms with Crippen LogP contribution in [0.3, 0.4) is 0 Å². The van der Waals surface area contributed by atoms with Crippen molar-refractivity contribution >= 4 is 18.3 Å². The molecule has 0 aromatic carbocycles. The van der Waals surface area contributed by atoms with E-state index in [1.165, 1.54) is 0 Å². The minimum absolute atomic E-state index is 0. The highest BCUT2D eigenvalue weighted by atomic mass is 35.5. The summed E-state index contributed by atoms with van der Waals surface area (Å²) >= 11 is 0. The third kappa shape index (κ3) is 3.72. The molecular formula is C17H29ClN4O. The Morgan fingerprint density at radius 1 is 1.30 bits per heavy atom. The van der Waals surface area contributed by atoms with E-state index in [0.29, 0.717) is 5.92 Å². The summed E-state index contributed by atoms with van der Waals surface area (Å²) in [6.07, 6.45) is 2.25. The molecule has 0 saturated carbocycles. The van der Waals surface area contributed by atoms with E-state index < -0.39 is 0 Å². The lowest BCUT2D eigenvalue weighted by Crippen LogP contribution is -2.34. The van der Waals surface area contributed by atoms with Gasteiger partial charge in [-0.25, -0.2) is 0 Å². The topological polar surface area (TPSA) is 50.2 Å². The number of halogens is 1. The molecule has 1 aromatic rings. The number of aromatic nitrogens is 2. The first-order valence-electron chi connectivity index (χ1n) is 8.67. The van der Waals surface area contributed by atoms with Gasteiger partial charge in [0.15, 0.2) is 0 Å². The van der Waals surface area contributed by atoms with Gasteiger partial charge in [0.1, 0.15) is 5.69 Å². The summed E-state index contributed by atoms with van der Waals surface area (Å²) in [4.78, 5) is 15.0. The third-order valence-corrected chi connectivity index (χ3v) is 5.22. The summed E-state index contributed by atoms with van der Waals surface area (Å²) in [7, 11) is 0. The molecule has 0 radical (unpaired) electrons. The summed E-state index contributed by atoms with van der Waals surface area (Å²) in [5.74, 6) is 2.02. The van der Waals surface area contributed by atoms with Gasteiger partial charge in [-0.1, -0.05) is 13.8 Å². The van der Waals surface area contributed by atoms with Gasteiger partial charge >= 0.3 is 0 Å². The number of carbonyl (C=O) groups excluding carboxylic acids is 1. The van der Waals surface area contributed by atoms with Crippen LogP contribution in [0.15, 0.2) is 6.07 Å². The fraction of sp³-hybridized carbons (Fsp3) is 0.765. The van der Waals surface area contributed by atoms with Crippen molar-refractivity contribution in [2.75, 3.05) is 26.2 Å². The molecule has 5 nitrogen and oxygen atoms in total. The van der Waals surface area contributed by atoms with E-state index in [-0.39, 0.29) is 18.3 Å². The number of hydrogen-bond acceptors (Lipinski definition) is 3. The van der Waals surface area contributed by atoms with Crippen molar-refractivity contribution < 1.29 is 4.79 Å². The normalized spacial score (nSPS) is 24.3. The van der Waals surface area contributed by atoms with Crippen molar-refractivity contribution in [1.29, 1.82) is 0 Å². The molecule has 130 valence electrons. The van der Waals surface area contributed by atoms with Gasteiger partial charge in [-0.15, -0.1) is 12.4 Å². The fourth-order valence-electron chi connectivity index (χ4n) is 3.72. The molecule has 2 fully saturated rings. The average molecular weight is 341 g/mol. The summed E-state index contributed by atoms with van der Waals surface area (Å²) in [6.45, 7) is 11.0. The second-order valence-electron chi connectivity index (χ2n) is 6.97. The maximum Gasteiger partial charge on any atom is 0.272 e. The number of fused-ring (bicyclic) bond motifs is 1. The van der Waals surface area contributed by atoms with Crippen molar-refractivity contribution in [2.45, 2.75) is 46.1 Å². The number of rotatable bonds is 3. The van der Waals surface area contributed by atoms with E-state index in [9.17, 15) is 4.79 Å². The van der Waals surface area contributed by atoms with Gasteiger partial charge in [-0.05, 0) is 56.7 Å². The number of nitrogens with one attached hydrogen (secondary N) is 1. The van der Waals surface area contributed by atoms with Crippen LogP contribution in [-0.4, -0.2) is 46.8 Å². The predicted octanol–water partition coefficient (Wildman–Crippen LogP) is 2.52. The van der Waals surface area contributed by atoms with E-state index in [1.807, 2.05) is 22.6 Å². The molecule has 2 atom stereocenters. The van der Waals surface area contributed by atoms with E-state index in [1.54, 1.807) is 0 Å². The summed E-state index contributed by atoms with van der Waals surface area (Å²) in [5.41, 5.74) is 1.78. The Morgan fingerprint density at radius 2 is 1.91 bits per heavy atom. The Hall–Kier alpha value is -1.07. The Labute approximate surface area is 145 Å². The average Bonchev–Trinajstić information content (AvgIpc) is 3.09. The Morgan fingerprint density at radius 3 is 2.43 bits per heavy atom. The number of likely N-dealkylation sites (tertiary alicyclic amines) is 1.